The molecule has 1 saturated carbocycles. The van der Waals surface area contributed by atoms with Crippen LogP contribution < -0.4 is 11.1 Å². The molecule has 1 saturated heterocycles. The maximum absolute atomic E-state index is 13.0. The Morgan fingerprint density at radius 1 is 0.944 bits per heavy atom. The lowest BCUT2D eigenvalue weighted by atomic mass is 9.87. The van der Waals surface area contributed by atoms with Crippen LogP contribution in [0.15, 0.2) is 48.5 Å². The molecule has 0 unspecified atom stereocenters. The molecule has 2 fully saturated rings. The van der Waals surface area contributed by atoms with Gasteiger partial charge in [-0.3, -0.25) is 19.8 Å². The summed E-state index contributed by atoms with van der Waals surface area (Å²) in [5.41, 5.74) is 8.54. The van der Waals surface area contributed by atoms with Crippen molar-refractivity contribution in [1.82, 2.24) is 5.32 Å². The minimum atomic E-state index is -0.636. The van der Waals surface area contributed by atoms with Gasteiger partial charge in [0, 0.05) is 11.1 Å². The average Bonchev–Trinajstić information content (AvgIpc) is 3.24. The van der Waals surface area contributed by atoms with Crippen molar-refractivity contribution < 1.29 is 19.1 Å². The zero-order valence-electron chi connectivity index (χ0n) is 20.3. The molecule has 2 aromatic rings. The van der Waals surface area contributed by atoms with Gasteiger partial charge in [0.2, 0.25) is 5.91 Å². The van der Waals surface area contributed by atoms with E-state index in [2.05, 4.69) is 5.32 Å². The van der Waals surface area contributed by atoms with Gasteiger partial charge in [-0.2, -0.15) is 0 Å². The number of hydrogen-bond donors (Lipinski definition) is 3. The summed E-state index contributed by atoms with van der Waals surface area (Å²) in [6.45, 7) is 0.407. The maximum Gasteiger partial charge on any atom is 0.306 e. The van der Waals surface area contributed by atoms with E-state index in [9.17, 15) is 14.4 Å². The van der Waals surface area contributed by atoms with Crippen molar-refractivity contribution in [2.45, 2.75) is 57.4 Å². The quantitative estimate of drug-likeness (QED) is 0.196. The maximum atomic E-state index is 13.0. The van der Waals surface area contributed by atoms with Gasteiger partial charge in [0.1, 0.15) is 5.84 Å². The van der Waals surface area contributed by atoms with E-state index in [1.807, 2.05) is 24.3 Å². The molecule has 36 heavy (non-hydrogen) atoms. The number of Topliss-reactive ketones (excluding diaryl/α,β-unsaturated/α-hetero) is 1. The van der Waals surface area contributed by atoms with Crippen molar-refractivity contribution in [2.24, 2.45) is 17.6 Å². The SMILES string of the molecule is Cl.N=C(N)c1ccc(-c2ccc(C(=O)[C@@H]3C[C@@H](CC(=O)OCCC4CCCCC4)C(=O)N3)cc2)cc1. The zero-order valence-corrected chi connectivity index (χ0v) is 21.1. The van der Waals surface area contributed by atoms with E-state index in [1.165, 1.54) is 32.1 Å². The Morgan fingerprint density at radius 2 is 1.53 bits per heavy atom. The second-order valence-electron chi connectivity index (χ2n) is 9.64. The summed E-state index contributed by atoms with van der Waals surface area (Å²) in [4.78, 5) is 37.6. The summed E-state index contributed by atoms with van der Waals surface area (Å²) in [6.07, 6.45) is 7.42. The predicted octanol–water partition coefficient (Wildman–Crippen LogP) is 4.65. The van der Waals surface area contributed by atoms with Gasteiger partial charge in [0.15, 0.2) is 5.78 Å². The number of hydrogen-bond acceptors (Lipinski definition) is 5. The Balaban J connectivity index is 0.00000361. The molecule has 4 N–H and O–H groups in total. The van der Waals surface area contributed by atoms with Crippen LogP contribution in [0.25, 0.3) is 11.1 Å². The van der Waals surface area contributed by atoms with E-state index in [1.54, 1.807) is 24.3 Å². The number of benzene rings is 2. The van der Waals surface area contributed by atoms with Gasteiger partial charge in [-0.25, -0.2) is 0 Å². The van der Waals surface area contributed by atoms with Crippen molar-refractivity contribution >= 4 is 35.9 Å². The molecule has 1 aliphatic heterocycles. The first-order valence-corrected chi connectivity index (χ1v) is 12.5. The first kappa shape index (κ1) is 27.4. The van der Waals surface area contributed by atoms with Gasteiger partial charge in [-0.15, -0.1) is 12.4 Å². The molecule has 8 heteroatoms. The highest BCUT2D eigenvalue weighted by Gasteiger charge is 2.37. The Bertz CT molecular complexity index is 1080. The van der Waals surface area contributed by atoms with E-state index in [0.717, 1.165) is 17.5 Å². The van der Waals surface area contributed by atoms with Crippen LogP contribution in [0.5, 0.6) is 0 Å². The third-order valence-electron chi connectivity index (χ3n) is 7.15. The highest BCUT2D eigenvalue weighted by molar-refractivity contribution is 6.04. The van der Waals surface area contributed by atoms with E-state index < -0.39 is 12.0 Å². The first-order chi connectivity index (χ1) is 16.9. The number of ether oxygens (including phenoxy) is 1. The summed E-state index contributed by atoms with van der Waals surface area (Å²) in [6, 6.07) is 13.9. The van der Waals surface area contributed by atoms with Crippen molar-refractivity contribution in [1.29, 1.82) is 5.41 Å². The van der Waals surface area contributed by atoms with Crippen LogP contribution in [0, 0.1) is 17.2 Å². The molecule has 7 nitrogen and oxygen atoms in total. The molecule has 0 bridgehead atoms. The Labute approximate surface area is 218 Å². The molecule has 2 aromatic carbocycles. The second kappa shape index (κ2) is 12.7. The summed E-state index contributed by atoms with van der Waals surface area (Å²) >= 11 is 0. The van der Waals surface area contributed by atoms with Crippen molar-refractivity contribution in [2.75, 3.05) is 6.61 Å². The number of amides is 1. The lowest BCUT2D eigenvalue weighted by Crippen LogP contribution is -2.33. The van der Waals surface area contributed by atoms with Crippen molar-refractivity contribution in [3.05, 3.63) is 59.7 Å². The summed E-state index contributed by atoms with van der Waals surface area (Å²) in [5, 5.41) is 10.2. The number of nitrogen functional groups attached to an aromatic ring is 1. The molecule has 0 aromatic heterocycles. The van der Waals surface area contributed by atoms with E-state index >= 15 is 0 Å². The molecule has 192 valence electrons. The smallest absolute Gasteiger partial charge is 0.306 e. The Hall–Kier alpha value is -3.19. The third-order valence-corrected chi connectivity index (χ3v) is 7.15. The minimum Gasteiger partial charge on any atom is -0.466 e. The van der Waals surface area contributed by atoms with Gasteiger partial charge in [-0.1, -0.05) is 80.6 Å². The lowest BCUT2D eigenvalue weighted by Gasteiger charge is -2.21. The molecule has 1 heterocycles. The number of carbonyl (C=O) groups excluding carboxylic acids is 3. The number of halogens is 1. The van der Waals surface area contributed by atoms with E-state index in [4.69, 9.17) is 15.9 Å². The molecule has 0 radical (unpaired) electrons. The zero-order chi connectivity index (χ0) is 24.8. The van der Waals surface area contributed by atoms with Crippen LogP contribution in [0.1, 0.15) is 67.3 Å². The van der Waals surface area contributed by atoms with Gasteiger partial charge in [-0.05, 0) is 29.9 Å². The lowest BCUT2D eigenvalue weighted by molar-refractivity contribution is -0.146. The van der Waals surface area contributed by atoms with Crippen LogP contribution in [-0.4, -0.2) is 36.1 Å². The number of nitrogens with two attached hydrogens (primary N) is 1. The third kappa shape index (κ3) is 6.94. The van der Waals surface area contributed by atoms with Crippen LogP contribution in [0.3, 0.4) is 0 Å². The highest BCUT2D eigenvalue weighted by Crippen LogP contribution is 2.27. The number of nitrogens with one attached hydrogen (secondary N) is 2. The standard InChI is InChI=1S/C28H33N3O4.ClH/c29-27(30)22-12-8-20(9-13-22)19-6-10-21(11-7-19)26(33)24-16-23(28(34)31-24)17-25(32)35-15-14-18-4-2-1-3-5-18;/h6-13,18,23-24H,1-5,14-17H2,(H3,29,30)(H,31,34);1H/t23-,24-;/m0./s1. The molecule has 0 spiro atoms. The Kier molecular flexibility index (Phi) is 9.65. The second-order valence-corrected chi connectivity index (χ2v) is 9.64. The molecule has 1 amide bonds. The number of esters is 1. The average molecular weight is 512 g/mol. The number of ketones is 1. The summed E-state index contributed by atoms with van der Waals surface area (Å²) < 4.78 is 5.39. The normalized spacial score (nSPS) is 19.7. The first-order valence-electron chi connectivity index (χ1n) is 12.5. The van der Waals surface area contributed by atoms with Crippen LogP contribution in [0.2, 0.25) is 0 Å². The van der Waals surface area contributed by atoms with Gasteiger partial charge in [0.05, 0.1) is 25.0 Å². The van der Waals surface area contributed by atoms with E-state index in [-0.39, 0.29) is 42.3 Å². The molecular formula is C28H34ClN3O4. The molecule has 4 rings (SSSR count). The number of carbonyl (C=O) groups is 3. The molecule has 1 aliphatic carbocycles. The largest absolute Gasteiger partial charge is 0.466 e. The predicted molar refractivity (Wildman–Crippen MR) is 141 cm³/mol. The van der Waals surface area contributed by atoms with Crippen molar-refractivity contribution in [3.8, 4) is 11.1 Å². The van der Waals surface area contributed by atoms with Crippen LogP contribution >= 0.6 is 12.4 Å². The fourth-order valence-electron chi connectivity index (χ4n) is 5.03. The number of amidine groups is 1. The fourth-order valence-corrected chi connectivity index (χ4v) is 5.03. The number of rotatable bonds is 9. The van der Waals surface area contributed by atoms with Gasteiger partial charge in [0.25, 0.3) is 0 Å². The summed E-state index contributed by atoms with van der Waals surface area (Å²) in [7, 11) is 0. The fraction of sp³-hybridized carbons (Fsp3) is 0.429. The van der Waals surface area contributed by atoms with Gasteiger partial charge < -0.3 is 15.8 Å². The molecule has 2 aliphatic rings. The monoisotopic (exact) mass is 511 g/mol. The van der Waals surface area contributed by atoms with Crippen LogP contribution in [0.4, 0.5) is 0 Å². The van der Waals surface area contributed by atoms with E-state index in [0.29, 0.717) is 30.1 Å². The van der Waals surface area contributed by atoms with Crippen LogP contribution in [-0.2, 0) is 14.3 Å². The topological polar surface area (TPSA) is 122 Å². The Morgan fingerprint density at radius 3 is 2.11 bits per heavy atom. The highest BCUT2D eigenvalue weighted by atomic mass is 35.5. The minimum absolute atomic E-state index is 0. The summed E-state index contributed by atoms with van der Waals surface area (Å²) in [5.74, 6) is -0.680. The van der Waals surface area contributed by atoms with Crippen molar-refractivity contribution in [3.63, 3.8) is 0 Å². The molecule has 2 atom stereocenters. The molecular weight excluding hydrogens is 478 g/mol. The van der Waals surface area contributed by atoms with Gasteiger partial charge >= 0.3 is 5.97 Å².